The highest BCUT2D eigenvalue weighted by atomic mass is 35.5. The summed E-state index contributed by atoms with van der Waals surface area (Å²) in [5, 5.41) is -0.0913. The Kier molecular flexibility index (Phi) is 5.34. The van der Waals surface area contributed by atoms with E-state index in [9.17, 15) is 13.2 Å². The topological polar surface area (TPSA) is 63.7 Å². The zero-order valence-electron chi connectivity index (χ0n) is 12.7. The predicted octanol–water partition coefficient (Wildman–Crippen LogP) is 2.14. The molecule has 1 aliphatic heterocycles. The lowest BCUT2D eigenvalue weighted by atomic mass is 10.2. The first kappa shape index (κ1) is 17.1. The highest BCUT2D eigenvalue weighted by Gasteiger charge is 2.34. The Balaban J connectivity index is 2.08. The summed E-state index contributed by atoms with van der Waals surface area (Å²) in [6, 6.07) is 6.98. The molecule has 0 aliphatic carbocycles. The maximum atomic E-state index is 12.6. The van der Waals surface area contributed by atoms with Crippen LogP contribution in [0.3, 0.4) is 0 Å². The fourth-order valence-electron chi connectivity index (χ4n) is 2.36. The molecule has 1 fully saturated rings. The Hall–Kier alpha value is -1.27. The van der Waals surface area contributed by atoms with Gasteiger partial charge in [0.05, 0.1) is 16.0 Å². The number of nitrogens with zero attached hydrogens (tertiary/aromatic N) is 1. The zero-order chi connectivity index (χ0) is 16.3. The van der Waals surface area contributed by atoms with Gasteiger partial charge in [0, 0.05) is 13.1 Å². The number of carbonyl (C=O) groups excluding carboxylic acids is 1. The van der Waals surface area contributed by atoms with Crippen LogP contribution in [0.5, 0.6) is 5.75 Å². The molecule has 1 aliphatic rings. The number of sulfone groups is 1. The molecule has 1 aromatic carbocycles. The maximum Gasteiger partial charge on any atom is 0.263 e. The molecule has 0 aromatic heterocycles. The van der Waals surface area contributed by atoms with Crippen molar-refractivity contribution in [2.75, 3.05) is 18.8 Å². The van der Waals surface area contributed by atoms with Crippen molar-refractivity contribution in [3.05, 3.63) is 29.3 Å². The molecule has 2 rings (SSSR count). The summed E-state index contributed by atoms with van der Waals surface area (Å²) in [4.78, 5) is 14.1. The van der Waals surface area contributed by atoms with Crippen molar-refractivity contribution < 1.29 is 17.9 Å². The van der Waals surface area contributed by atoms with Gasteiger partial charge in [0.15, 0.2) is 15.9 Å². The first-order chi connectivity index (χ1) is 10.3. The molecule has 1 unspecified atom stereocenters. The molecule has 1 amide bonds. The van der Waals surface area contributed by atoms with Gasteiger partial charge in [0.1, 0.15) is 5.75 Å². The van der Waals surface area contributed by atoms with Gasteiger partial charge < -0.3 is 9.64 Å². The van der Waals surface area contributed by atoms with Crippen LogP contribution in [-0.4, -0.2) is 49.4 Å². The van der Waals surface area contributed by atoms with Crippen LogP contribution >= 0.6 is 11.6 Å². The normalized spacial score (nSPS) is 22.1. The molecule has 0 bridgehead atoms. The minimum absolute atomic E-state index is 0.00241. The second-order valence-corrected chi connectivity index (χ2v) is 8.35. The highest BCUT2D eigenvalue weighted by Crippen LogP contribution is 2.25. The number of para-hydroxylation sites is 1. The Labute approximate surface area is 136 Å². The third-order valence-corrected chi connectivity index (χ3v) is 6.24. The molecule has 5 nitrogen and oxygen atoms in total. The number of hydrogen-bond donors (Lipinski definition) is 0. The van der Waals surface area contributed by atoms with Gasteiger partial charge in [-0.15, -0.1) is 0 Å². The molecule has 22 heavy (non-hydrogen) atoms. The molecule has 1 aromatic rings. The van der Waals surface area contributed by atoms with Gasteiger partial charge in [-0.1, -0.05) is 30.7 Å². The standard InChI is InChI=1S/C15H20ClNO4S/c1-3-13(21-14-7-5-4-6-12(14)16)15(18)17-8-9-22(19,20)11(2)10-17/h4-7,11,13H,3,8-10H2,1-2H3/t11-,13?/m0/s1. The van der Waals surface area contributed by atoms with Gasteiger partial charge in [-0.05, 0) is 25.5 Å². The van der Waals surface area contributed by atoms with Crippen LogP contribution in [-0.2, 0) is 14.6 Å². The first-order valence-corrected chi connectivity index (χ1v) is 9.36. The van der Waals surface area contributed by atoms with Crippen molar-refractivity contribution in [2.45, 2.75) is 31.6 Å². The molecule has 1 saturated heterocycles. The highest BCUT2D eigenvalue weighted by molar-refractivity contribution is 7.92. The number of ether oxygens (including phenoxy) is 1. The third-order valence-electron chi connectivity index (χ3n) is 3.80. The van der Waals surface area contributed by atoms with Gasteiger partial charge >= 0.3 is 0 Å². The van der Waals surface area contributed by atoms with Crippen LogP contribution in [0.2, 0.25) is 5.02 Å². The molecular weight excluding hydrogens is 326 g/mol. The second kappa shape index (κ2) is 6.87. The monoisotopic (exact) mass is 345 g/mol. The van der Waals surface area contributed by atoms with Gasteiger partial charge in [0.25, 0.3) is 5.91 Å². The fraction of sp³-hybridized carbons (Fsp3) is 0.533. The zero-order valence-corrected chi connectivity index (χ0v) is 14.2. The van der Waals surface area contributed by atoms with E-state index in [-0.39, 0.29) is 24.7 Å². The fourth-order valence-corrected chi connectivity index (χ4v) is 3.82. The summed E-state index contributed by atoms with van der Waals surface area (Å²) in [7, 11) is -3.08. The van der Waals surface area contributed by atoms with E-state index in [2.05, 4.69) is 0 Å². The molecule has 0 spiro atoms. The molecule has 122 valence electrons. The molecule has 0 radical (unpaired) electrons. The van der Waals surface area contributed by atoms with Crippen molar-refractivity contribution >= 4 is 27.3 Å². The average Bonchev–Trinajstić information content (AvgIpc) is 2.48. The molecule has 0 saturated carbocycles. The first-order valence-electron chi connectivity index (χ1n) is 7.26. The van der Waals surface area contributed by atoms with Crippen molar-refractivity contribution in [3.63, 3.8) is 0 Å². The van der Waals surface area contributed by atoms with Gasteiger partial charge in [-0.25, -0.2) is 8.42 Å². The van der Waals surface area contributed by atoms with E-state index in [4.69, 9.17) is 16.3 Å². The molecule has 0 N–H and O–H groups in total. The third kappa shape index (κ3) is 3.73. The van der Waals surface area contributed by atoms with Gasteiger partial charge in [-0.2, -0.15) is 0 Å². The quantitative estimate of drug-likeness (QED) is 0.838. The minimum atomic E-state index is -3.08. The predicted molar refractivity (Wildman–Crippen MR) is 86.0 cm³/mol. The van der Waals surface area contributed by atoms with Crippen LogP contribution < -0.4 is 4.74 Å². The van der Waals surface area contributed by atoms with Gasteiger partial charge in [0.2, 0.25) is 0 Å². The Morgan fingerprint density at radius 1 is 1.45 bits per heavy atom. The maximum absolute atomic E-state index is 12.6. The summed E-state index contributed by atoms with van der Waals surface area (Å²) in [6.07, 6.45) is -0.172. The van der Waals surface area contributed by atoms with E-state index >= 15 is 0 Å². The lowest BCUT2D eigenvalue weighted by Crippen LogP contribution is -2.52. The van der Waals surface area contributed by atoms with E-state index in [0.29, 0.717) is 17.2 Å². The molecule has 7 heteroatoms. The van der Waals surface area contributed by atoms with Crippen LogP contribution in [0.4, 0.5) is 0 Å². The number of amides is 1. The van der Waals surface area contributed by atoms with E-state index in [0.717, 1.165) is 0 Å². The molecule has 1 heterocycles. The molecule has 2 atom stereocenters. The second-order valence-electron chi connectivity index (χ2n) is 5.41. The number of carbonyl (C=O) groups is 1. The lowest BCUT2D eigenvalue weighted by Gasteiger charge is -2.33. The number of halogens is 1. The van der Waals surface area contributed by atoms with Crippen LogP contribution in [0.25, 0.3) is 0 Å². The van der Waals surface area contributed by atoms with Crippen molar-refractivity contribution in [3.8, 4) is 5.75 Å². The van der Waals surface area contributed by atoms with Crippen LogP contribution in [0.15, 0.2) is 24.3 Å². The molecular formula is C15H20ClNO4S. The summed E-state index contributed by atoms with van der Waals surface area (Å²) in [6.45, 7) is 3.91. The Bertz CT molecular complexity index is 647. The van der Waals surface area contributed by atoms with Crippen molar-refractivity contribution in [2.24, 2.45) is 0 Å². The van der Waals surface area contributed by atoms with Gasteiger partial charge in [-0.3, -0.25) is 4.79 Å². The summed E-state index contributed by atoms with van der Waals surface area (Å²) in [5.74, 6) is 0.272. The van der Waals surface area contributed by atoms with Crippen LogP contribution in [0.1, 0.15) is 20.3 Å². The summed E-state index contributed by atoms with van der Waals surface area (Å²) >= 11 is 6.05. The summed E-state index contributed by atoms with van der Waals surface area (Å²) in [5.41, 5.74) is 0. The number of benzene rings is 1. The largest absolute Gasteiger partial charge is 0.479 e. The van der Waals surface area contributed by atoms with E-state index < -0.39 is 21.2 Å². The summed E-state index contributed by atoms with van der Waals surface area (Å²) < 4.78 is 29.2. The van der Waals surface area contributed by atoms with E-state index in [1.54, 1.807) is 36.1 Å². The smallest absolute Gasteiger partial charge is 0.263 e. The number of rotatable bonds is 4. The Morgan fingerprint density at radius 2 is 2.14 bits per heavy atom. The van der Waals surface area contributed by atoms with E-state index in [1.807, 2.05) is 6.92 Å². The van der Waals surface area contributed by atoms with Crippen molar-refractivity contribution in [1.29, 1.82) is 0 Å². The lowest BCUT2D eigenvalue weighted by molar-refractivity contribution is -0.138. The van der Waals surface area contributed by atoms with E-state index in [1.165, 1.54) is 0 Å². The minimum Gasteiger partial charge on any atom is -0.479 e. The average molecular weight is 346 g/mol. The van der Waals surface area contributed by atoms with Crippen molar-refractivity contribution in [1.82, 2.24) is 4.90 Å². The number of hydrogen-bond acceptors (Lipinski definition) is 4. The SMILES string of the molecule is CCC(Oc1ccccc1Cl)C(=O)N1CCS(=O)(=O)[C@@H](C)C1. The Morgan fingerprint density at radius 3 is 2.73 bits per heavy atom. The van der Waals surface area contributed by atoms with Crippen LogP contribution in [0, 0.1) is 0 Å².